The third kappa shape index (κ3) is 6.90. The molecule has 0 bridgehead atoms. The van der Waals surface area contributed by atoms with E-state index in [4.69, 9.17) is 9.47 Å². The molecule has 8 N–H and O–H groups in total. The maximum Gasteiger partial charge on any atom is 0.247 e. The van der Waals surface area contributed by atoms with Gasteiger partial charge in [-0.3, -0.25) is 9.59 Å². The van der Waals surface area contributed by atoms with Crippen LogP contribution in [0.2, 0.25) is 0 Å². The zero-order valence-corrected chi connectivity index (χ0v) is 25.2. The number of aliphatic hydroxyl groups excluding tert-OH is 8. The van der Waals surface area contributed by atoms with Crippen molar-refractivity contribution in [3.8, 4) is 0 Å². The van der Waals surface area contributed by atoms with Gasteiger partial charge in [0.1, 0.15) is 67.6 Å². The number of benzene rings is 2. The number of aryl methyl sites for hydroxylation is 2. The van der Waals surface area contributed by atoms with Gasteiger partial charge in [0.2, 0.25) is 12.3 Å². The summed E-state index contributed by atoms with van der Waals surface area (Å²) in [7, 11) is 0. The smallest absolute Gasteiger partial charge is 0.247 e. The Bertz CT molecular complexity index is 1340. The number of nitrogens with zero attached hydrogens (tertiary/aromatic N) is 2. The maximum absolute atomic E-state index is 13.5. The minimum Gasteiger partial charge on any atom is -0.394 e. The normalized spacial score (nSPS) is 31.8. The lowest BCUT2D eigenvalue weighted by Gasteiger charge is -2.40. The molecule has 0 aliphatic carbocycles. The van der Waals surface area contributed by atoms with Gasteiger partial charge >= 0.3 is 0 Å². The fraction of sp³-hybridized carbons (Fsp3) is 0.548. The molecule has 2 amide bonds. The monoisotopic (exact) mass is 634 g/mol. The van der Waals surface area contributed by atoms with Crippen molar-refractivity contribution in [1.29, 1.82) is 0 Å². The molecule has 2 saturated heterocycles. The molecule has 45 heavy (non-hydrogen) atoms. The van der Waals surface area contributed by atoms with Crippen LogP contribution in [0.15, 0.2) is 36.4 Å². The summed E-state index contributed by atoms with van der Waals surface area (Å²) >= 11 is 0. The second kappa shape index (κ2) is 14.6. The lowest BCUT2D eigenvalue weighted by molar-refractivity contribution is -0.231. The van der Waals surface area contributed by atoms with Crippen LogP contribution in [0.4, 0.5) is 11.4 Å². The van der Waals surface area contributed by atoms with Crippen LogP contribution in [0.5, 0.6) is 0 Å². The summed E-state index contributed by atoms with van der Waals surface area (Å²) in [5.41, 5.74) is 3.06. The van der Waals surface area contributed by atoms with Gasteiger partial charge in [-0.1, -0.05) is 12.1 Å². The van der Waals surface area contributed by atoms with Gasteiger partial charge < -0.3 is 60.1 Å². The van der Waals surface area contributed by atoms with Gasteiger partial charge in [0.25, 0.3) is 0 Å². The lowest BCUT2D eigenvalue weighted by Crippen LogP contribution is -2.55. The Morgan fingerprint density at radius 1 is 0.733 bits per heavy atom. The first-order chi connectivity index (χ1) is 21.4. The number of amides is 2. The van der Waals surface area contributed by atoms with Crippen molar-refractivity contribution in [2.24, 2.45) is 0 Å². The summed E-state index contributed by atoms with van der Waals surface area (Å²) in [6.45, 7) is 4.02. The molecule has 0 saturated carbocycles. The van der Waals surface area contributed by atoms with Crippen LogP contribution < -0.4 is 9.80 Å². The minimum atomic E-state index is -1.54. The number of anilines is 2. The van der Waals surface area contributed by atoms with E-state index in [9.17, 15) is 50.4 Å². The number of carbonyl (C=O) groups is 2. The summed E-state index contributed by atoms with van der Waals surface area (Å²) in [6.07, 6.45) is -12.7. The molecule has 6 unspecified atom stereocenters. The van der Waals surface area contributed by atoms with Crippen LogP contribution in [0.3, 0.4) is 0 Å². The Kier molecular flexibility index (Phi) is 11.3. The van der Waals surface area contributed by atoms with Crippen molar-refractivity contribution < 1.29 is 59.9 Å². The summed E-state index contributed by atoms with van der Waals surface area (Å²) in [6, 6.07) is 9.72. The van der Waals surface area contributed by atoms with E-state index in [0.717, 1.165) is 0 Å². The predicted molar refractivity (Wildman–Crippen MR) is 159 cm³/mol. The van der Waals surface area contributed by atoms with E-state index < -0.39 is 80.2 Å². The lowest BCUT2D eigenvalue weighted by atomic mass is 9.89. The van der Waals surface area contributed by atoms with Crippen molar-refractivity contribution in [3.05, 3.63) is 58.7 Å². The van der Waals surface area contributed by atoms with Gasteiger partial charge in [-0.15, -0.1) is 0 Å². The molecule has 2 aromatic carbocycles. The molecule has 248 valence electrons. The van der Waals surface area contributed by atoms with E-state index in [-0.39, 0.29) is 13.1 Å². The Hall–Kier alpha value is -3.02. The SMILES string of the molecule is CCN(C(=O)CN(C=O)c1ccc([C@H]2OC(CO)[C@@H](O)C(O)C2O)c(C)c1)c1ccc([C@H]2OC(CO)[C@@H](O)C(O)C2O)c(C)c1. The Morgan fingerprint density at radius 2 is 1.18 bits per heavy atom. The van der Waals surface area contributed by atoms with Crippen LogP contribution in [0.25, 0.3) is 0 Å². The molecular weight excluding hydrogens is 592 g/mol. The number of hydrogen-bond donors (Lipinski definition) is 8. The molecular formula is C31H42N2O12. The highest BCUT2D eigenvalue weighted by atomic mass is 16.6. The Labute approximate surface area is 260 Å². The standard InChI is InChI=1S/C31H42N2O12/c1-4-33(18-6-8-20(16(3)10-18)31-29(43)27(41)25(39)22(13-35)45-31)23(37)11-32(14-36)17-5-7-19(15(2)9-17)30-28(42)26(40)24(38)21(12-34)44-30/h5-10,14,21-22,24-31,34-35,38-43H,4,11-13H2,1-3H3/t21?,22?,24-,25-,26?,27?,28?,29?,30-,31-/m1/s1. The van der Waals surface area contributed by atoms with Crippen LogP contribution in [0, 0.1) is 13.8 Å². The largest absolute Gasteiger partial charge is 0.394 e. The van der Waals surface area contributed by atoms with E-state index in [1.807, 2.05) is 0 Å². The summed E-state index contributed by atoms with van der Waals surface area (Å²) < 4.78 is 11.3. The van der Waals surface area contributed by atoms with E-state index >= 15 is 0 Å². The number of likely N-dealkylation sites (N-methyl/N-ethyl adjacent to an activating group) is 1. The molecule has 2 aliphatic rings. The third-order valence-electron chi connectivity index (χ3n) is 8.60. The molecule has 2 aromatic rings. The summed E-state index contributed by atoms with van der Waals surface area (Å²) in [4.78, 5) is 28.2. The number of aliphatic hydroxyl groups is 8. The second-order valence-corrected chi connectivity index (χ2v) is 11.5. The average Bonchev–Trinajstić information content (AvgIpc) is 3.03. The van der Waals surface area contributed by atoms with Crippen molar-refractivity contribution in [2.75, 3.05) is 36.1 Å². The second-order valence-electron chi connectivity index (χ2n) is 11.5. The van der Waals surface area contributed by atoms with Gasteiger partial charge in [0, 0.05) is 17.9 Å². The van der Waals surface area contributed by atoms with Gasteiger partial charge in [0.05, 0.1) is 13.2 Å². The highest BCUT2D eigenvalue weighted by Gasteiger charge is 2.45. The van der Waals surface area contributed by atoms with Crippen LogP contribution in [-0.2, 0) is 19.1 Å². The van der Waals surface area contributed by atoms with Crippen LogP contribution in [0.1, 0.15) is 41.4 Å². The molecule has 0 spiro atoms. The van der Waals surface area contributed by atoms with Gasteiger partial charge in [-0.25, -0.2) is 0 Å². The summed E-state index contributed by atoms with van der Waals surface area (Å²) in [5.74, 6) is -0.403. The van der Waals surface area contributed by atoms with E-state index in [1.165, 1.54) is 9.80 Å². The number of ether oxygens (including phenoxy) is 2. The molecule has 2 fully saturated rings. The molecule has 2 aliphatic heterocycles. The van der Waals surface area contributed by atoms with Crippen LogP contribution >= 0.6 is 0 Å². The first-order valence-corrected chi connectivity index (χ1v) is 14.7. The topological polar surface area (TPSA) is 221 Å². The zero-order valence-electron chi connectivity index (χ0n) is 25.2. The predicted octanol–water partition coefficient (Wildman–Crippen LogP) is -1.65. The Balaban J connectivity index is 1.51. The number of rotatable bonds is 10. The van der Waals surface area contributed by atoms with Crippen molar-refractivity contribution in [1.82, 2.24) is 0 Å². The average molecular weight is 635 g/mol. The quantitative estimate of drug-likeness (QED) is 0.138. The van der Waals surface area contributed by atoms with Gasteiger partial charge in [0.15, 0.2) is 0 Å². The van der Waals surface area contributed by atoms with Crippen molar-refractivity contribution >= 4 is 23.7 Å². The van der Waals surface area contributed by atoms with E-state index in [1.54, 1.807) is 57.2 Å². The fourth-order valence-corrected chi connectivity index (χ4v) is 5.95. The molecule has 0 radical (unpaired) electrons. The van der Waals surface area contributed by atoms with Crippen molar-refractivity contribution in [3.63, 3.8) is 0 Å². The van der Waals surface area contributed by atoms with Crippen molar-refractivity contribution in [2.45, 2.75) is 81.8 Å². The molecule has 14 nitrogen and oxygen atoms in total. The molecule has 10 atom stereocenters. The highest BCUT2D eigenvalue weighted by Crippen LogP contribution is 2.37. The van der Waals surface area contributed by atoms with E-state index in [2.05, 4.69) is 0 Å². The summed E-state index contributed by atoms with van der Waals surface area (Å²) in [5, 5.41) is 80.7. The molecule has 4 rings (SSSR count). The fourth-order valence-electron chi connectivity index (χ4n) is 5.95. The Morgan fingerprint density at radius 3 is 1.58 bits per heavy atom. The number of hydrogen-bond acceptors (Lipinski definition) is 12. The number of carbonyl (C=O) groups excluding carboxylic acids is 2. The molecule has 0 aromatic heterocycles. The minimum absolute atomic E-state index is 0.263. The highest BCUT2D eigenvalue weighted by molar-refractivity contribution is 5.99. The van der Waals surface area contributed by atoms with Gasteiger partial charge in [-0.05, 0) is 67.3 Å². The zero-order chi connectivity index (χ0) is 33.2. The van der Waals surface area contributed by atoms with Crippen LogP contribution in [-0.4, -0.2) is 128 Å². The molecule has 14 heteroatoms. The first kappa shape index (κ1) is 34.8. The molecule has 2 heterocycles. The van der Waals surface area contributed by atoms with E-state index in [0.29, 0.717) is 40.0 Å². The van der Waals surface area contributed by atoms with Gasteiger partial charge in [-0.2, -0.15) is 0 Å². The third-order valence-corrected chi connectivity index (χ3v) is 8.60. The first-order valence-electron chi connectivity index (χ1n) is 14.7. The maximum atomic E-state index is 13.5.